The first-order chi connectivity index (χ1) is 9.06. The Bertz CT molecular complexity index is 467. The lowest BCUT2D eigenvalue weighted by molar-refractivity contribution is -0.121. The molecule has 1 aromatic rings. The fraction of sp³-hybridized carbons (Fsp3) is 0.467. The molecular weight excluding hydrogens is 242 g/mol. The molecule has 1 aliphatic carbocycles. The minimum atomic E-state index is -0.928. The summed E-state index contributed by atoms with van der Waals surface area (Å²) in [5.41, 5.74) is 1.26. The van der Waals surface area contributed by atoms with E-state index in [-0.39, 0.29) is 11.5 Å². The van der Waals surface area contributed by atoms with Gasteiger partial charge in [-0.25, -0.2) is 4.79 Å². The highest BCUT2D eigenvalue weighted by Gasteiger charge is 2.32. The van der Waals surface area contributed by atoms with Crippen LogP contribution in [0, 0.1) is 11.8 Å². The maximum atomic E-state index is 11.6. The third-order valence-corrected chi connectivity index (χ3v) is 3.68. The minimum Gasteiger partial charge on any atom is -0.478 e. The zero-order chi connectivity index (χ0) is 13.8. The van der Waals surface area contributed by atoms with Gasteiger partial charge in [-0.2, -0.15) is 0 Å². The summed E-state index contributed by atoms with van der Waals surface area (Å²) in [6.45, 7) is 2.98. The van der Waals surface area contributed by atoms with Crippen molar-refractivity contribution in [3.05, 3.63) is 35.4 Å². The van der Waals surface area contributed by atoms with E-state index in [0.717, 1.165) is 18.0 Å². The van der Waals surface area contributed by atoms with E-state index in [2.05, 4.69) is 12.2 Å². The molecule has 1 amide bonds. The van der Waals surface area contributed by atoms with Crippen molar-refractivity contribution in [3.8, 4) is 0 Å². The van der Waals surface area contributed by atoms with Crippen molar-refractivity contribution in [1.29, 1.82) is 0 Å². The van der Waals surface area contributed by atoms with Crippen molar-refractivity contribution in [2.24, 2.45) is 11.8 Å². The molecule has 0 saturated heterocycles. The van der Waals surface area contributed by atoms with Gasteiger partial charge in [0.1, 0.15) is 0 Å². The number of hydrogen-bond donors (Lipinski definition) is 2. The summed E-state index contributed by atoms with van der Waals surface area (Å²) in [7, 11) is 0. The molecule has 2 N–H and O–H groups in total. The first-order valence-corrected chi connectivity index (χ1v) is 6.65. The quantitative estimate of drug-likeness (QED) is 0.824. The molecule has 0 aliphatic heterocycles. The molecule has 1 aromatic carbocycles. The number of aromatic carboxylic acids is 1. The van der Waals surface area contributed by atoms with Crippen LogP contribution >= 0.6 is 0 Å². The number of carboxylic acids is 1. The summed E-state index contributed by atoms with van der Waals surface area (Å²) in [6, 6.07) is 6.67. The number of carbonyl (C=O) groups is 2. The van der Waals surface area contributed by atoms with Gasteiger partial charge in [0.25, 0.3) is 0 Å². The SMILES string of the molecule is CC1CC1CNC(=O)CCc1ccc(C(=O)O)cc1. The van der Waals surface area contributed by atoms with E-state index in [1.165, 1.54) is 6.42 Å². The molecular formula is C15H19NO3. The predicted molar refractivity (Wildman–Crippen MR) is 72.0 cm³/mol. The zero-order valence-electron chi connectivity index (χ0n) is 11.1. The van der Waals surface area contributed by atoms with Crippen molar-refractivity contribution in [2.75, 3.05) is 6.54 Å². The van der Waals surface area contributed by atoms with E-state index < -0.39 is 5.97 Å². The third-order valence-electron chi connectivity index (χ3n) is 3.68. The minimum absolute atomic E-state index is 0.0708. The van der Waals surface area contributed by atoms with E-state index in [0.29, 0.717) is 18.8 Å². The Morgan fingerprint density at radius 3 is 2.47 bits per heavy atom. The van der Waals surface area contributed by atoms with Crippen LogP contribution in [0.3, 0.4) is 0 Å². The first-order valence-electron chi connectivity index (χ1n) is 6.65. The van der Waals surface area contributed by atoms with Crippen molar-refractivity contribution in [2.45, 2.75) is 26.2 Å². The van der Waals surface area contributed by atoms with Gasteiger partial charge in [-0.3, -0.25) is 4.79 Å². The zero-order valence-corrected chi connectivity index (χ0v) is 11.1. The number of carboxylic acid groups (broad SMARTS) is 1. The third kappa shape index (κ3) is 4.09. The number of nitrogens with one attached hydrogen (secondary N) is 1. The average Bonchev–Trinajstić information content (AvgIpc) is 3.10. The van der Waals surface area contributed by atoms with Crippen LogP contribution in [0.2, 0.25) is 0 Å². The molecule has 0 bridgehead atoms. The Morgan fingerprint density at radius 1 is 1.32 bits per heavy atom. The maximum absolute atomic E-state index is 11.6. The molecule has 1 aliphatic rings. The van der Waals surface area contributed by atoms with Gasteiger partial charge in [-0.05, 0) is 42.4 Å². The van der Waals surface area contributed by atoms with Crippen molar-refractivity contribution in [1.82, 2.24) is 5.32 Å². The largest absolute Gasteiger partial charge is 0.478 e. The van der Waals surface area contributed by atoms with Gasteiger partial charge in [-0.15, -0.1) is 0 Å². The lowest BCUT2D eigenvalue weighted by Gasteiger charge is -2.05. The van der Waals surface area contributed by atoms with Gasteiger partial charge >= 0.3 is 5.97 Å². The van der Waals surface area contributed by atoms with Crippen LogP contribution < -0.4 is 5.32 Å². The van der Waals surface area contributed by atoms with Crippen LogP contribution in [0.4, 0.5) is 0 Å². The van der Waals surface area contributed by atoms with Gasteiger partial charge < -0.3 is 10.4 Å². The Balaban J connectivity index is 1.72. The van der Waals surface area contributed by atoms with Crippen molar-refractivity contribution in [3.63, 3.8) is 0 Å². The van der Waals surface area contributed by atoms with E-state index >= 15 is 0 Å². The number of aryl methyl sites for hydroxylation is 1. The van der Waals surface area contributed by atoms with Crippen LogP contribution in [-0.4, -0.2) is 23.5 Å². The summed E-state index contributed by atoms with van der Waals surface area (Å²) >= 11 is 0. The molecule has 4 heteroatoms. The van der Waals surface area contributed by atoms with Gasteiger partial charge in [-0.1, -0.05) is 19.1 Å². The van der Waals surface area contributed by atoms with Crippen LogP contribution in [0.15, 0.2) is 24.3 Å². The molecule has 2 atom stereocenters. The fourth-order valence-electron chi connectivity index (χ4n) is 2.09. The van der Waals surface area contributed by atoms with Crippen LogP contribution in [0.1, 0.15) is 35.7 Å². The Hall–Kier alpha value is -1.84. The predicted octanol–water partition coefficient (Wildman–Crippen LogP) is 2.09. The highest BCUT2D eigenvalue weighted by Crippen LogP contribution is 2.36. The number of benzene rings is 1. The molecule has 0 radical (unpaired) electrons. The summed E-state index contributed by atoms with van der Waals surface area (Å²) in [6.07, 6.45) is 2.32. The molecule has 0 heterocycles. The average molecular weight is 261 g/mol. The number of rotatable bonds is 6. The van der Waals surface area contributed by atoms with Crippen LogP contribution in [0.5, 0.6) is 0 Å². The summed E-state index contributed by atoms with van der Waals surface area (Å²) < 4.78 is 0. The second kappa shape index (κ2) is 5.87. The molecule has 2 unspecified atom stereocenters. The second-order valence-electron chi connectivity index (χ2n) is 5.28. The molecule has 1 saturated carbocycles. The van der Waals surface area contributed by atoms with E-state index in [9.17, 15) is 9.59 Å². The fourth-order valence-corrected chi connectivity index (χ4v) is 2.09. The molecule has 1 fully saturated rings. The first kappa shape index (κ1) is 13.6. The molecule has 19 heavy (non-hydrogen) atoms. The Labute approximate surface area is 112 Å². The van der Waals surface area contributed by atoms with Gasteiger partial charge in [0, 0.05) is 13.0 Å². The number of amides is 1. The van der Waals surface area contributed by atoms with Crippen LogP contribution in [0.25, 0.3) is 0 Å². The standard InChI is InChI=1S/C15H19NO3/c1-10-8-13(10)9-16-14(17)7-4-11-2-5-12(6-3-11)15(18)19/h2-3,5-6,10,13H,4,7-9H2,1H3,(H,16,17)(H,18,19). The maximum Gasteiger partial charge on any atom is 0.335 e. The summed E-state index contributed by atoms with van der Waals surface area (Å²) in [5, 5.41) is 11.7. The topological polar surface area (TPSA) is 66.4 Å². The molecule has 102 valence electrons. The molecule has 4 nitrogen and oxygen atoms in total. The van der Waals surface area contributed by atoms with E-state index in [1.54, 1.807) is 24.3 Å². The van der Waals surface area contributed by atoms with E-state index in [1.807, 2.05) is 0 Å². The van der Waals surface area contributed by atoms with Gasteiger partial charge in [0.2, 0.25) is 5.91 Å². The van der Waals surface area contributed by atoms with Crippen molar-refractivity contribution < 1.29 is 14.7 Å². The second-order valence-corrected chi connectivity index (χ2v) is 5.28. The smallest absolute Gasteiger partial charge is 0.335 e. The lowest BCUT2D eigenvalue weighted by Crippen LogP contribution is -2.26. The monoisotopic (exact) mass is 261 g/mol. The highest BCUT2D eigenvalue weighted by molar-refractivity contribution is 5.87. The molecule has 2 rings (SSSR count). The Kier molecular flexibility index (Phi) is 4.20. The lowest BCUT2D eigenvalue weighted by atomic mass is 10.1. The number of hydrogen-bond acceptors (Lipinski definition) is 2. The highest BCUT2D eigenvalue weighted by atomic mass is 16.4. The van der Waals surface area contributed by atoms with Crippen LogP contribution in [-0.2, 0) is 11.2 Å². The van der Waals surface area contributed by atoms with Gasteiger partial charge in [0.15, 0.2) is 0 Å². The number of carbonyl (C=O) groups excluding carboxylic acids is 1. The Morgan fingerprint density at radius 2 is 1.95 bits per heavy atom. The van der Waals surface area contributed by atoms with Crippen molar-refractivity contribution >= 4 is 11.9 Å². The van der Waals surface area contributed by atoms with E-state index in [4.69, 9.17) is 5.11 Å². The molecule has 0 spiro atoms. The summed E-state index contributed by atoms with van der Waals surface area (Å²) in [5.74, 6) is 0.562. The van der Waals surface area contributed by atoms with Gasteiger partial charge in [0.05, 0.1) is 5.56 Å². The summed E-state index contributed by atoms with van der Waals surface area (Å²) in [4.78, 5) is 22.3. The molecule has 0 aromatic heterocycles. The normalized spacial score (nSPS) is 20.9.